The Morgan fingerprint density at radius 2 is 1.83 bits per heavy atom. The second-order valence-corrected chi connectivity index (χ2v) is 7.27. The number of hydrogen-bond donors (Lipinski definition) is 2. The van der Waals surface area contributed by atoms with E-state index in [1.165, 1.54) is 23.5 Å². The number of nitrogens with one attached hydrogen (secondary N) is 2. The summed E-state index contributed by atoms with van der Waals surface area (Å²) in [4.78, 5) is 16.2. The van der Waals surface area contributed by atoms with E-state index in [0.29, 0.717) is 27.5 Å². The Morgan fingerprint density at radius 1 is 1.10 bits per heavy atom. The molecule has 5 nitrogen and oxygen atoms in total. The average molecular weight is 421 g/mol. The molecule has 0 atom stereocenters. The number of para-hydroxylation sites is 1. The quantitative estimate of drug-likeness (QED) is 0.539. The van der Waals surface area contributed by atoms with E-state index in [1.54, 1.807) is 41.8 Å². The van der Waals surface area contributed by atoms with Gasteiger partial charge in [-0.1, -0.05) is 36.4 Å². The Hall–Kier alpha value is -3.07. The Labute approximate surface area is 169 Å². The molecule has 2 amide bonds. The summed E-state index contributed by atoms with van der Waals surface area (Å²) in [7, 11) is 0. The summed E-state index contributed by atoms with van der Waals surface area (Å²) in [6.45, 7) is 3.69. The van der Waals surface area contributed by atoms with Crippen molar-refractivity contribution in [1.82, 2.24) is 10.3 Å². The van der Waals surface area contributed by atoms with Crippen LogP contribution in [0.2, 0.25) is 0 Å². The zero-order chi connectivity index (χ0) is 21.0. The minimum Gasteiger partial charge on any atom is -0.405 e. The van der Waals surface area contributed by atoms with Crippen molar-refractivity contribution in [3.05, 3.63) is 53.9 Å². The lowest BCUT2D eigenvalue weighted by Gasteiger charge is -2.13. The van der Waals surface area contributed by atoms with Crippen LogP contribution in [-0.4, -0.2) is 23.4 Å². The van der Waals surface area contributed by atoms with E-state index in [0.717, 1.165) is 0 Å². The first kappa shape index (κ1) is 20.7. The summed E-state index contributed by atoms with van der Waals surface area (Å²) in [6, 6.07) is 12.5. The van der Waals surface area contributed by atoms with Crippen LogP contribution >= 0.6 is 11.3 Å². The fourth-order valence-electron chi connectivity index (χ4n) is 2.62. The Bertz CT molecular complexity index is 1000. The second-order valence-electron chi connectivity index (χ2n) is 6.42. The molecule has 3 rings (SSSR count). The molecule has 1 heterocycles. The van der Waals surface area contributed by atoms with Crippen LogP contribution in [-0.2, 0) is 0 Å². The highest BCUT2D eigenvalue weighted by Gasteiger charge is 2.32. The second kappa shape index (κ2) is 8.52. The SMILES string of the molecule is CC(C)NC(=O)Nc1nc(-c2cccc(-c3ccccc3OC(F)(F)F)c2)cs1. The van der Waals surface area contributed by atoms with Crippen molar-refractivity contribution >= 4 is 22.5 Å². The summed E-state index contributed by atoms with van der Waals surface area (Å²) >= 11 is 1.26. The van der Waals surface area contributed by atoms with Gasteiger partial charge < -0.3 is 10.1 Å². The minimum absolute atomic E-state index is 0.00917. The van der Waals surface area contributed by atoms with Gasteiger partial charge in [0.2, 0.25) is 0 Å². The Balaban J connectivity index is 1.86. The van der Waals surface area contributed by atoms with Crippen LogP contribution in [0.25, 0.3) is 22.4 Å². The van der Waals surface area contributed by atoms with Gasteiger partial charge in [0.15, 0.2) is 5.13 Å². The van der Waals surface area contributed by atoms with E-state index in [1.807, 2.05) is 13.8 Å². The average Bonchev–Trinajstić information content (AvgIpc) is 3.08. The van der Waals surface area contributed by atoms with Crippen molar-refractivity contribution in [3.63, 3.8) is 0 Å². The van der Waals surface area contributed by atoms with Gasteiger partial charge in [-0.2, -0.15) is 0 Å². The maximum atomic E-state index is 12.7. The van der Waals surface area contributed by atoms with Crippen molar-refractivity contribution in [2.45, 2.75) is 26.3 Å². The summed E-state index contributed by atoms with van der Waals surface area (Å²) in [5.41, 5.74) is 2.18. The van der Waals surface area contributed by atoms with E-state index in [9.17, 15) is 18.0 Å². The summed E-state index contributed by atoms with van der Waals surface area (Å²) in [5.74, 6) is -0.275. The van der Waals surface area contributed by atoms with Crippen LogP contribution in [0.5, 0.6) is 5.75 Å². The number of anilines is 1. The molecule has 0 unspecified atom stereocenters. The summed E-state index contributed by atoms with van der Waals surface area (Å²) < 4.78 is 42.2. The number of rotatable bonds is 5. The van der Waals surface area contributed by atoms with Crippen LogP contribution in [0.1, 0.15) is 13.8 Å². The molecule has 0 saturated heterocycles. The van der Waals surface area contributed by atoms with Crippen LogP contribution in [0.15, 0.2) is 53.9 Å². The topological polar surface area (TPSA) is 63.2 Å². The molecule has 0 aliphatic rings. The predicted molar refractivity (Wildman–Crippen MR) is 107 cm³/mol. The normalized spacial score (nSPS) is 11.4. The van der Waals surface area contributed by atoms with Crippen molar-refractivity contribution in [3.8, 4) is 28.1 Å². The number of ether oxygens (including phenoxy) is 1. The largest absolute Gasteiger partial charge is 0.573 e. The zero-order valence-corrected chi connectivity index (χ0v) is 16.4. The predicted octanol–water partition coefficient (Wildman–Crippen LogP) is 5.91. The minimum atomic E-state index is -4.78. The highest BCUT2D eigenvalue weighted by Crippen LogP contribution is 2.35. The van der Waals surface area contributed by atoms with E-state index in [2.05, 4.69) is 20.4 Å². The van der Waals surface area contributed by atoms with Gasteiger partial charge in [-0.25, -0.2) is 9.78 Å². The lowest BCUT2D eigenvalue weighted by molar-refractivity contribution is -0.274. The number of urea groups is 1. The number of carbonyl (C=O) groups excluding carboxylic acids is 1. The third-order valence-corrected chi connectivity index (χ3v) is 4.48. The van der Waals surface area contributed by atoms with Crippen LogP contribution in [0.3, 0.4) is 0 Å². The number of nitrogens with zero attached hydrogens (tertiary/aromatic N) is 1. The first-order chi connectivity index (χ1) is 13.7. The highest BCUT2D eigenvalue weighted by atomic mass is 32.1. The molecule has 9 heteroatoms. The fraction of sp³-hybridized carbons (Fsp3) is 0.200. The van der Waals surface area contributed by atoms with E-state index in [4.69, 9.17) is 0 Å². The maximum Gasteiger partial charge on any atom is 0.573 e. The summed E-state index contributed by atoms with van der Waals surface area (Å²) in [6.07, 6.45) is -4.78. The monoisotopic (exact) mass is 421 g/mol. The molecule has 29 heavy (non-hydrogen) atoms. The van der Waals surface area contributed by atoms with E-state index < -0.39 is 6.36 Å². The number of benzene rings is 2. The first-order valence-electron chi connectivity index (χ1n) is 8.70. The number of hydrogen-bond acceptors (Lipinski definition) is 4. The van der Waals surface area contributed by atoms with Gasteiger partial charge in [0.05, 0.1) is 5.69 Å². The fourth-order valence-corrected chi connectivity index (χ4v) is 3.34. The lowest BCUT2D eigenvalue weighted by Crippen LogP contribution is -2.34. The molecule has 0 bridgehead atoms. The molecule has 0 fully saturated rings. The molecule has 0 aliphatic heterocycles. The van der Waals surface area contributed by atoms with E-state index >= 15 is 0 Å². The smallest absolute Gasteiger partial charge is 0.405 e. The molecule has 1 aromatic heterocycles. The lowest BCUT2D eigenvalue weighted by atomic mass is 10.0. The van der Waals surface area contributed by atoms with Gasteiger partial charge in [0, 0.05) is 22.5 Å². The number of thiazole rings is 1. The summed E-state index contributed by atoms with van der Waals surface area (Å²) in [5, 5.41) is 7.55. The molecule has 2 aromatic carbocycles. The molecule has 0 aliphatic carbocycles. The molecular formula is C20H18F3N3O2S. The highest BCUT2D eigenvalue weighted by molar-refractivity contribution is 7.14. The van der Waals surface area contributed by atoms with Crippen molar-refractivity contribution in [2.24, 2.45) is 0 Å². The number of aromatic nitrogens is 1. The van der Waals surface area contributed by atoms with Gasteiger partial charge >= 0.3 is 12.4 Å². The Morgan fingerprint density at radius 3 is 2.55 bits per heavy atom. The number of halogens is 3. The third-order valence-electron chi connectivity index (χ3n) is 3.73. The first-order valence-corrected chi connectivity index (χ1v) is 9.58. The van der Waals surface area contributed by atoms with Gasteiger partial charge in [0.1, 0.15) is 5.75 Å². The van der Waals surface area contributed by atoms with Crippen LogP contribution in [0, 0.1) is 0 Å². The number of alkyl halides is 3. The van der Waals surface area contributed by atoms with Crippen LogP contribution in [0.4, 0.5) is 23.1 Å². The third kappa shape index (κ3) is 5.71. The number of amides is 2. The van der Waals surface area contributed by atoms with Crippen molar-refractivity contribution in [2.75, 3.05) is 5.32 Å². The molecule has 152 valence electrons. The maximum absolute atomic E-state index is 12.7. The van der Waals surface area contributed by atoms with Gasteiger partial charge in [-0.05, 0) is 31.5 Å². The van der Waals surface area contributed by atoms with Gasteiger partial charge in [0.25, 0.3) is 0 Å². The number of carbonyl (C=O) groups is 1. The molecule has 2 N–H and O–H groups in total. The molecule has 0 radical (unpaired) electrons. The van der Waals surface area contributed by atoms with E-state index in [-0.39, 0.29) is 17.8 Å². The van der Waals surface area contributed by atoms with Gasteiger partial charge in [-0.3, -0.25) is 5.32 Å². The zero-order valence-electron chi connectivity index (χ0n) is 15.6. The van der Waals surface area contributed by atoms with Gasteiger partial charge in [-0.15, -0.1) is 24.5 Å². The molecule has 0 saturated carbocycles. The van der Waals surface area contributed by atoms with Crippen molar-refractivity contribution in [1.29, 1.82) is 0 Å². The molecule has 3 aromatic rings. The Kier molecular flexibility index (Phi) is 6.07. The van der Waals surface area contributed by atoms with Crippen molar-refractivity contribution < 1.29 is 22.7 Å². The molecule has 0 spiro atoms. The van der Waals surface area contributed by atoms with Crippen LogP contribution < -0.4 is 15.4 Å². The molecular weight excluding hydrogens is 403 g/mol. The standard InChI is InChI=1S/C20H18F3N3O2S/c1-12(2)24-18(27)26-19-25-16(11-29-19)14-7-5-6-13(10-14)15-8-3-4-9-17(15)28-20(21,22)23/h3-12H,1-2H3,(H2,24,25,26,27).